The second-order valence-electron chi connectivity index (χ2n) is 4.88. The summed E-state index contributed by atoms with van der Waals surface area (Å²) >= 11 is 6.18. The molecule has 0 unspecified atom stereocenters. The Balaban J connectivity index is 1.72. The topological polar surface area (TPSA) is 60.0 Å². The molecule has 1 fully saturated rings. The molecule has 0 atom stereocenters. The summed E-state index contributed by atoms with van der Waals surface area (Å²) in [6, 6.07) is 5.35. The molecule has 1 heterocycles. The van der Waals surface area contributed by atoms with Crippen LogP contribution in [0.5, 0.6) is 17.4 Å². The molecule has 0 spiro atoms. The van der Waals surface area contributed by atoms with Gasteiger partial charge in [0.2, 0.25) is 0 Å². The van der Waals surface area contributed by atoms with E-state index in [1.54, 1.807) is 24.4 Å². The number of hydrogen-bond donors (Lipinski definition) is 1. The van der Waals surface area contributed by atoms with Crippen LogP contribution in [0.3, 0.4) is 0 Å². The minimum absolute atomic E-state index is 0.253. The quantitative estimate of drug-likeness (QED) is 0.927. The summed E-state index contributed by atoms with van der Waals surface area (Å²) in [5.74, 6) is 1.71. The first-order valence-electron chi connectivity index (χ1n) is 6.82. The predicted octanol–water partition coefficient (Wildman–Crippen LogP) is 3.96. The van der Waals surface area contributed by atoms with Crippen molar-refractivity contribution >= 4 is 11.6 Å². The number of halogens is 1. The second kappa shape index (κ2) is 6.13. The van der Waals surface area contributed by atoms with E-state index in [0.29, 0.717) is 22.4 Å². The molecule has 1 N–H and O–H groups in total. The van der Waals surface area contributed by atoms with Gasteiger partial charge in [0.05, 0.1) is 17.3 Å². The Labute approximate surface area is 122 Å². The first-order valence-corrected chi connectivity index (χ1v) is 7.19. The third-order valence-corrected chi connectivity index (χ3v) is 3.68. The van der Waals surface area contributed by atoms with Crippen LogP contribution < -0.4 is 9.47 Å². The van der Waals surface area contributed by atoms with E-state index in [1.165, 1.54) is 19.3 Å². The smallest absolute Gasteiger partial charge is 0.258 e. The van der Waals surface area contributed by atoms with Gasteiger partial charge in [0, 0.05) is 6.07 Å². The lowest BCUT2D eigenvalue weighted by Gasteiger charge is -2.23. The third kappa shape index (κ3) is 3.22. The normalized spacial score (nSPS) is 16.1. The lowest BCUT2D eigenvalue weighted by molar-refractivity contribution is 0.155. The highest BCUT2D eigenvalue weighted by Crippen LogP contribution is 2.33. The predicted molar refractivity (Wildman–Crippen MR) is 75.4 cm³/mol. The maximum atomic E-state index is 6.18. The van der Waals surface area contributed by atoms with Gasteiger partial charge in [-0.15, -0.1) is 0 Å². The number of hydrogen-bond acceptors (Lipinski definition) is 4. The third-order valence-electron chi connectivity index (χ3n) is 3.37. The highest BCUT2D eigenvalue weighted by Gasteiger charge is 2.16. The fourth-order valence-electron chi connectivity index (χ4n) is 2.36. The van der Waals surface area contributed by atoms with Crippen LogP contribution in [0.25, 0.3) is 0 Å². The van der Waals surface area contributed by atoms with Gasteiger partial charge in [-0.05, 0) is 37.8 Å². The number of H-pyrrole nitrogens is 1. The van der Waals surface area contributed by atoms with Gasteiger partial charge in [0.1, 0.15) is 11.5 Å². The molecular weight excluding hydrogens is 278 g/mol. The van der Waals surface area contributed by atoms with E-state index in [-0.39, 0.29) is 6.10 Å². The molecule has 106 valence electrons. The summed E-state index contributed by atoms with van der Waals surface area (Å²) in [5, 5.41) is 10.6. The number of nitrogens with zero attached hydrogens (tertiary/aromatic N) is 2. The molecule has 0 bridgehead atoms. The minimum atomic E-state index is 0.253. The molecule has 1 saturated carbocycles. The van der Waals surface area contributed by atoms with Crippen LogP contribution in [-0.4, -0.2) is 21.5 Å². The molecule has 0 saturated heterocycles. The van der Waals surface area contributed by atoms with Crippen LogP contribution in [0.2, 0.25) is 5.02 Å². The Bertz CT molecular complexity index is 554. The Morgan fingerprint density at radius 1 is 1.20 bits per heavy atom. The van der Waals surface area contributed by atoms with Crippen LogP contribution in [0.1, 0.15) is 32.1 Å². The molecule has 20 heavy (non-hydrogen) atoms. The van der Waals surface area contributed by atoms with Crippen molar-refractivity contribution < 1.29 is 9.47 Å². The fourth-order valence-corrected chi connectivity index (χ4v) is 2.52. The first kappa shape index (κ1) is 13.2. The van der Waals surface area contributed by atoms with Gasteiger partial charge in [0.15, 0.2) is 0 Å². The zero-order chi connectivity index (χ0) is 13.8. The molecule has 1 aliphatic carbocycles. The summed E-state index contributed by atoms with van der Waals surface area (Å²) in [6.07, 6.45) is 7.74. The summed E-state index contributed by atoms with van der Waals surface area (Å²) in [4.78, 5) is 0. The zero-order valence-corrected chi connectivity index (χ0v) is 11.8. The molecule has 0 amide bonds. The Kier molecular flexibility index (Phi) is 4.06. The van der Waals surface area contributed by atoms with Crippen molar-refractivity contribution in [1.29, 1.82) is 0 Å². The Morgan fingerprint density at radius 3 is 2.80 bits per heavy atom. The standard InChI is InChI=1S/C14H16ClN3O2/c15-12-7-6-11(20-14-9-16-18-17-14)8-13(12)19-10-4-2-1-3-5-10/h6-10H,1-5H2,(H,16,17,18). The number of aromatic amines is 1. The fraction of sp³-hybridized carbons (Fsp3) is 0.429. The Morgan fingerprint density at radius 2 is 2.05 bits per heavy atom. The summed E-state index contributed by atoms with van der Waals surface area (Å²) in [7, 11) is 0. The minimum Gasteiger partial charge on any atom is -0.489 e. The van der Waals surface area contributed by atoms with Crippen LogP contribution in [0, 0.1) is 0 Å². The van der Waals surface area contributed by atoms with Crippen molar-refractivity contribution in [2.75, 3.05) is 0 Å². The van der Waals surface area contributed by atoms with Crippen molar-refractivity contribution in [3.8, 4) is 17.4 Å². The van der Waals surface area contributed by atoms with E-state index in [4.69, 9.17) is 21.1 Å². The molecule has 0 aliphatic heterocycles. The highest BCUT2D eigenvalue weighted by molar-refractivity contribution is 6.32. The average molecular weight is 294 g/mol. The van der Waals surface area contributed by atoms with Crippen LogP contribution >= 0.6 is 11.6 Å². The van der Waals surface area contributed by atoms with Crippen LogP contribution in [-0.2, 0) is 0 Å². The largest absolute Gasteiger partial charge is 0.489 e. The van der Waals surface area contributed by atoms with Crippen LogP contribution in [0.4, 0.5) is 0 Å². The Hall–Kier alpha value is -1.75. The summed E-state index contributed by atoms with van der Waals surface area (Å²) in [5.41, 5.74) is 0. The molecule has 6 heteroatoms. The van der Waals surface area contributed by atoms with Gasteiger partial charge >= 0.3 is 0 Å². The molecule has 0 radical (unpaired) electrons. The maximum absolute atomic E-state index is 6.18. The first-order chi connectivity index (χ1) is 9.81. The molecule has 3 rings (SSSR count). The van der Waals surface area contributed by atoms with Crippen molar-refractivity contribution in [3.63, 3.8) is 0 Å². The lowest BCUT2D eigenvalue weighted by atomic mass is 9.98. The van der Waals surface area contributed by atoms with Gasteiger partial charge in [-0.2, -0.15) is 0 Å². The molecule has 2 aromatic rings. The van der Waals surface area contributed by atoms with E-state index in [1.807, 2.05) is 0 Å². The van der Waals surface area contributed by atoms with Gasteiger partial charge < -0.3 is 9.47 Å². The maximum Gasteiger partial charge on any atom is 0.258 e. The molecular formula is C14H16ClN3O2. The zero-order valence-electron chi connectivity index (χ0n) is 11.0. The summed E-state index contributed by atoms with van der Waals surface area (Å²) in [6.45, 7) is 0. The lowest BCUT2D eigenvalue weighted by Crippen LogP contribution is -2.19. The van der Waals surface area contributed by atoms with Crippen molar-refractivity contribution in [3.05, 3.63) is 29.4 Å². The van der Waals surface area contributed by atoms with E-state index < -0.39 is 0 Å². The number of aromatic nitrogens is 3. The van der Waals surface area contributed by atoms with Crippen LogP contribution in [0.15, 0.2) is 24.4 Å². The monoisotopic (exact) mass is 293 g/mol. The van der Waals surface area contributed by atoms with E-state index in [9.17, 15) is 0 Å². The number of benzene rings is 1. The molecule has 5 nitrogen and oxygen atoms in total. The number of rotatable bonds is 4. The second-order valence-corrected chi connectivity index (χ2v) is 5.29. The number of ether oxygens (including phenoxy) is 2. The number of nitrogens with one attached hydrogen (secondary N) is 1. The van der Waals surface area contributed by atoms with E-state index >= 15 is 0 Å². The summed E-state index contributed by atoms with van der Waals surface area (Å²) < 4.78 is 11.5. The van der Waals surface area contributed by atoms with Gasteiger partial charge in [-0.25, -0.2) is 0 Å². The van der Waals surface area contributed by atoms with E-state index in [2.05, 4.69) is 15.4 Å². The van der Waals surface area contributed by atoms with Crippen molar-refractivity contribution in [2.45, 2.75) is 38.2 Å². The highest BCUT2D eigenvalue weighted by atomic mass is 35.5. The van der Waals surface area contributed by atoms with E-state index in [0.717, 1.165) is 12.8 Å². The van der Waals surface area contributed by atoms with Crippen molar-refractivity contribution in [2.24, 2.45) is 0 Å². The molecule has 1 aromatic heterocycles. The van der Waals surface area contributed by atoms with Crippen molar-refractivity contribution in [1.82, 2.24) is 15.4 Å². The van der Waals surface area contributed by atoms with Gasteiger partial charge in [0.25, 0.3) is 5.88 Å². The molecule has 1 aliphatic rings. The average Bonchev–Trinajstić information content (AvgIpc) is 2.97. The SMILES string of the molecule is Clc1ccc(Oc2c[nH]nn2)cc1OC1CCCCC1. The van der Waals surface area contributed by atoms with Gasteiger partial charge in [-0.3, -0.25) is 5.10 Å². The van der Waals surface area contributed by atoms with Gasteiger partial charge in [-0.1, -0.05) is 28.3 Å². The molecule has 1 aromatic carbocycles.